The van der Waals surface area contributed by atoms with Crippen LogP contribution in [0.15, 0.2) is 0 Å². The Morgan fingerprint density at radius 3 is 2.20 bits per heavy atom. The van der Waals surface area contributed by atoms with Crippen molar-refractivity contribution in [1.29, 1.82) is 0 Å². The Balaban J connectivity index is 2.19. The molecule has 4 nitrogen and oxygen atoms in total. The summed E-state index contributed by atoms with van der Waals surface area (Å²) in [5.74, 6) is -1.99. The van der Waals surface area contributed by atoms with Crippen molar-refractivity contribution >= 4 is 0 Å². The smallest absolute Gasteiger partial charge is 0.297 e. The molecule has 0 aromatic heterocycles. The quantitative estimate of drug-likeness (QED) is 0.680. The molecule has 4 heteroatoms. The van der Waals surface area contributed by atoms with E-state index in [1.807, 2.05) is 13.8 Å². The second-order valence-corrected chi connectivity index (χ2v) is 5.00. The van der Waals surface area contributed by atoms with E-state index in [0.717, 1.165) is 38.8 Å². The van der Waals surface area contributed by atoms with Crippen molar-refractivity contribution in [3.05, 3.63) is 0 Å². The van der Waals surface area contributed by atoms with Crippen molar-refractivity contribution in [2.45, 2.75) is 57.1 Å². The SMILES string of the molecule is CC(C)OC(O)(O)C12CCCN1CCC2. The van der Waals surface area contributed by atoms with Crippen LogP contribution in [0.5, 0.6) is 0 Å². The highest BCUT2D eigenvalue weighted by Gasteiger charge is 2.59. The molecule has 0 amide bonds. The monoisotopic (exact) mass is 215 g/mol. The molecule has 2 N–H and O–H groups in total. The van der Waals surface area contributed by atoms with Crippen LogP contribution in [0.3, 0.4) is 0 Å². The summed E-state index contributed by atoms with van der Waals surface area (Å²) < 4.78 is 5.30. The van der Waals surface area contributed by atoms with Gasteiger partial charge in [-0.15, -0.1) is 0 Å². The second kappa shape index (κ2) is 3.70. The third-order valence-electron chi connectivity index (χ3n) is 3.65. The summed E-state index contributed by atoms with van der Waals surface area (Å²) in [6.45, 7) is 5.58. The third-order valence-corrected chi connectivity index (χ3v) is 3.65. The van der Waals surface area contributed by atoms with E-state index in [9.17, 15) is 10.2 Å². The number of rotatable bonds is 3. The number of hydrogen-bond acceptors (Lipinski definition) is 4. The highest BCUT2D eigenvalue weighted by molar-refractivity contribution is 5.05. The van der Waals surface area contributed by atoms with Crippen molar-refractivity contribution in [2.75, 3.05) is 13.1 Å². The van der Waals surface area contributed by atoms with Crippen molar-refractivity contribution in [3.63, 3.8) is 0 Å². The molecule has 0 aliphatic carbocycles. The molecule has 0 radical (unpaired) electrons. The molecule has 2 saturated heterocycles. The van der Waals surface area contributed by atoms with Crippen LogP contribution in [0, 0.1) is 0 Å². The van der Waals surface area contributed by atoms with Crippen molar-refractivity contribution in [1.82, 2.24) is 4.90 Å². The van der Waals surface area contributed by atoms with E-state index in [1.54, 1.807) is 0 Å². The fraction of sp³-hybridized carbons (Fsp3) is 1.00. The standard InChI is InChI=1S/C11H21NO3/c1-9(2)15-11(13,14)10-5-3-7-12(10)8-4-6-10/h9,13-14H,3-8H2,1-2H3. The molecular weight excluding hydrogens is 194 g/mol. The van der Waals surface area contributed by atoms with E-state index in [1.165, 1.54) is 0 Å². The topological polar surface area (TPSA) is 52.9 Å². The minimum absolute atomic E-state index is 0.169. The van der Waals surface area contributed by atoms with Gasteiger partial charge in [-0.3, -0.25) is 4.90 Å². The van der Waals surface area contributed by atoms with Crippen molar-refractivity contribution in [3.8, 4) is 0 Å². The average Bonchev–Trinajstić information content (AvgIpc) is 2.56. The summed E-state index contributed by atoms with van der Waals surface area (Å²) >= 11 is 0. The summed E-state index contributed by atoms with van der Waals surface area (Å²) in [6, 6.07) is 0. The lowest BCUT2D eigenvalue weighted by molar-refractivity contribution is -0.396. The molecule has 0 spiro atoms. The van der Waals surface area contributed by atoms with E-state index in [0.29, 0.717) is 0 Å². The van der Waals surface area contributed by atoms with E-state index < -0.39 is 11.5 Å². The van der Waals surface area contributed by atoms with Crippen LogP contribution in [0.4, 0.5) is 0 Å². The average molecular weight is 215 g/mol. The molecule has 0 saturated carbocycles. The lowest BCUT2D eigenvalue weighted by Gasteiger charge is -2.42. The zero-order valence-electron chi connectivity index (χ0n) is 9.57. The predicted octanol–water partition coefficient (Wildman–Crippen LogP) is 0.678. The van der Waals surface area contributed by atoms with Gasteiger partial charge in [-0.25, -0.2) is 0 Å². The predicted molar refractivity (Wildman–Crippen MR) is 56.2 cm³/mol. The molecule has 0 atom stereocenters. The van der Waals surface area contributed by atoms with Crippen LogP contribution >= 0.6 is 0 Å². The van der Waals surface area contributed by atoms with E-state index >= 15 is 0 Å². The summed E-state index contributed by atoms with van der Waals surface area (Å²) in [7, 11) is 0. The first-order valence-electron chi connectivity index (χ1n) is 5.85. The Bertz CT molecular complexity index is 230. The van der Waals surface area contributed by atoms with Gasteiger partial charge in [0.05, 0.1) is 6.10 Å². The molecule has 2 aliphatic rings. The van der Waals surface area contributed by atoms with Gasteiger partial charge >= 0.3 is 0 Å². The van der Waals surface area contributed by atoms with Gasteiger partial charge in [0.2, 0.25) is 0 Å². The lowest BCUT2D eigenvalue weighted by atomic mass is 9.91. The Kier molecular flexibility index (Phi) is 2.79. The molecule has 0 aromatic rings. The summed E-state index contributed by atoms with van der Waals surface area (Å²) in [5.41, 5.74) is -0.544. The molecule has 0 bridgehead atoms. The van der Waals surface area contributed by atoms with Gasteiger partial charge in [0.15, 0.2) is 0 Å². The summed E-state index contributed by atoms with van der Waals surface area (Å²) in [5, 5.41) is 20.3. The van der Waals surface area contributed by atoms with E-state index in [2.05, 4.69) is 4.90 Å². The highest BCUT2D eigenvalue weighted by Crippen LogP contribution is 2.45. The number of hydrogen-bond donors (Lipinski definition) is 2. The number of aliphatic hydroxyl groups is 2. The van der Waals surface area contributed by atoms with Gasteiger partial charge in [0.25, 0.3) is 5.97 Å². The Morgan fingerprint density at radius 2 is 1.73 bits per heavy atom. The number of fused-ring (bicyclic) bond motifs is 1. The number of ether oxygens (including phenoxy) is 1. The fourth-order valence-electron chi connectivity index (χ4n) is 3.08. The maximum absolute atomic E-state index is 10.1. The maximum Gasteiger partial charge on any atom is 0.297 e. The summed E-state index contributed by atoms with van der Waals surface area (Å²) in [4.78, 5) is 2.18. The molecular formula is C11H21NO3. The van der Waals surface area contributed by atoms with Crippen LogP contribution < -0.4 is 0 Å². The molecule has 2 aliphatic heterocycles. The Morgan fingerprint density at radius 1 is 1.20 bits per heavy atom. The van der Waals surface area contributed by atoms with Gasteiger partial charge in [0.1, 0.15) is 5.54 Å². The van der Waals surface area contributed by atoms with Crippen molar-refractivity contribution < 1.29 is 14.9 Å². The van der Waals surface area contributed by atoms with Crippen LogP contribution in [0.2, 0.25) is 0 Å². The van der Waals surface area contributed by atoms with Crippen LogP contribution in [-0.4, -0.2) is 45.8 Å². The van der Waals surface area contributed by atoms with Gasteiger partial charge in [-0.05, 0) is 52.6 Å². The van der Waals surface area contributed by atoms with Gasteiger partial charge < -0.3 is 14.9 Å². The van der Waals surface area contributed by atoms with Crippen molar-refractivity contribution in [2.24, 2.45) is 0 Å². The van der Waals surface area contributed by atoms with Gasteiger partial charge in [0, 0.05) is 0 Å². The molecule has 0 aromatic carbocycles. The van der Waals surface area contributed by atoms with Crippen LogP contribution in [0.1, 0.15) is 39.5 Å². The maximum atomic E-state index is 10.1. The normalized spacial score (nSPS) is 26.2. The zero-order chi connectivity index (χ0) is 11.1. The highest BCUT2D eigenvalue weighted by atomic mass is 16.8. The first-order valence-corrected chi connectivity index (χ1v) is 5.85. The first kappa shape index (κ1) is 11.3. The minimum atomic E-state index is -1.99. The minimum Gasteiger partial charge on any atom is -0.342 e. The van der Waals surface area contributed by atoms with Crippen LogP contribution in [0.25, 0.3) is 0 Å². The van der Waals surface area contributed by atoms with E-state index in [-0.39, 0.29) is 6.10 Å². The molecule has 15 heavy (non-hydrogen) atoms. The zero-order valence-corrected chi connectivity index (χ0v) is 9.57. The Hall–Kier alpha value is -0.160. The molecule has 0 unspecified atom stereocenters. The van der Waals surface area contributed by atoms with Gasteiger partial charge in [-0.2, -0.15) is 0 Å². The fourth-order valence-corrected chi connectivity index (χ4v) is 3.08. The molecule has 2 rings (SSSR count). The van der Waals surface area contributed by atoms with E-state index in [4.69, 9.17) is 4.74 Å². The third kappa shape index (κ3) is 1.69. The Labute approximate surface area is 90.8 Å². The first-order chi connectivity index (χ1) is 6.98. The lowest BCUT2D eigenvalue weighted by Crippen LogP contribution is -2.60. The van der Waals surface area contributed by atoms with Crippen LogP contribution in [-0.2, 0) is 4.74 Å². The molecule has 2 fully saturated rings. The number of nitrogens with zero attached hydrogens (tertiary/aromatic N) is 1. The summed E-state index contributed by atoms with van der Waals surface area (Å²) in [6.07, 6.45) is 3.55. The second-order valence-electron chi connectivity index (χ2n) is 5.00. The molecule has 2 heterocycles. The molecule has 88 valence electrons. The van der Waals surface area contributed by atoms with Gasteiger partial charge in [-0.1, -0.05) is 0 Å². The largest absolute Gasteiger partial charge is 0.342 e.